The third-order valence-electron chi connectivity index (χ3n) is 4.87. The highest BCUT2D eigenvalue weighted by molar-refractivity contribution is 7.92. The van der Waals surface area contributed by atoms with Gasteiger partial charge in [-0.3, -0.25) is 4.79 Å². The van der Waals surface area contributed by atoms with E-state index in [0.717, 1.165) is 12.1 Å². The Labute approximate surface area is 152 Å². The molecule has 1 aromatic carbocycles. The van der Waals surface area contributed by atoms with E-state index in [2.05, 4.69) is 16.1 Å². The number of amides is 1. The fraction of sp³-hybridized carbons (Fsp3) is 0.500. The van der Waals surface area contributed by atoms with Crippen molar-refractivity contribution in [3.05, 3.63) is 30.1 Å². The second-order valence-corrected chi connectivity index (χ2v) is 8.86. The molecule has 0 saturated carbocycles. The van der Waals surface area contributed by atoms with E-state index < -0.39 is 26.6 Å². The van der Waals surface area contributed by atoms with Crippen LogP contribution in [0.25, 0.3) is 0 Å². The average Bonchev–Trinajstić information content (AvgIpc) is 3.21. The summed E-state index contributed by atoms with van der Waals surface area (Å²) in [4.78, 5) is 14.1. The van der Waals surface area contributed by atoms with Gasteiger partial charge in [0.2, 0.25) is 5.91 Å². The Bertz CT molecular complexity index is 853. The maximum atomic E-state index is 13.0. The van der Waals surface area contributed by atoms with Crippen LogP contribution in [0.2, 0.25) is 0 Å². The molecular weight excluding hydrogens is 357 g/mol. The molecule has 1 atom stereocenters. The number of carbonyl (C=O) groups excluding carboxylic acids is 1. The number of carbonyl (C=O) groups is 1. The number of likely N-dealkylation sites (tertiary alicyclic amines) is 1. The molecule has 0 bridgehead atoms. The van der Waals surface area contributed by atoms with Crippen molar-refractivity contribution in [2.24, 2.45) is 10.2 Å². The first-order chi connectivity index (χ1) is 12.4. The van der Waals surface area contributed by atoms with Gasteiger partial charge in [0.05, 0.1) is 10.1 Å². The van der Waals surface area contributed by atoms with Gasteiger partial charge in [0.25, 0.3) is 0 Å². The molecular formula is C18H20FN3O3S. The molecule has 0 spiro atoms. The molecule has 1 aromatic rings. The summed E-state index contributed by atoms with van der Waals surface area (Å²) >= 11 is 0. The van der Waals surface area contributed by atoms with Gasteiger partial charge in [0, 0.05) is 38.8 Å². The minimum Gasteiger partial charge on any atom is -0.341 e. The fourth-order valence-corrected chi connectivity index (χ4v) is 4.85. The predicted molar refractivity (Wildman–Crippen MR) is 93.5 cm³/mol. The summed E-state index contributed by atoms with van der Waals surface area (Å²) in [6.45, 7) is 0.555. The zero-order valence-electron chi connectivity index (χ0n) is 14.3. The number of hydrogen-bond acceptors (Lipinski definition) is 5. The second-order valence-electron chi connectivity index (χ2n) is 6.64. The van der Waals surface area contributed by atoms with E-state index in [1.807, 2.05) is 0 Å². The van der Waals surface area contributed by atoms with E-state index in [9.17, 15) is 17.6 Å². The van der Waals surface area contributed by atoms with Crippen LogP contribution in [-0.2, 0) is 14.6 Å². The number of nitrogens with zero attached hydrogens (tertiary/aromatic N) is 3. The highest BCUT2D eigenvalue weighted by Crippen LogP contribution is 2.38. The van der Waals surface area contributed by atoms with Crippen molar-refractivity contribution in [1.29, 1.82) is 0 Å². The molecule has 1 saturated heterocycles. The van der Waals surface area contributed by atoms with Crippen molar-refractivity contribution in [3.63, 3.8) is 0 Å². The van der Waals surface area contributed by atoms with E-state index in [-0.39, 0.29) is 23.8 Å². The Balaban J connectivity index is 1.55. The van der Waals surface area contributed by atoms with Crippen molar-refractivity contribution < 1.29 is 17.6 Å². The zero-order chi connectivity index (χ0) is 18.8. The molecule has 138 valence electrons. The van der Waals surface area contributed by atoms with Crippen LogP contribution in [0.3, 0.4) is 0 Å². The topological polar surface area (TPSA) is 79.2 Å². The van der Waals surface area contributed by atoms with E-state index in [0.29, 0.717) is 32.2 Å². The summed E-state index contributed by atoms with van der Waals surface area (Å²) in [7, 11) is -3.58. The molecule has 2 aliphatic heterocycles. The van der Waals surface area contributed by atoms with Gasteiger partial charge in [-0.15, -0.1) is 12.3 Å². The van der Waals surface area contributed by atoms with Crippen molar-refractivity contribution in [1.82, 2.24) is 4.90 Å². The van der Waals surface area contributed by atoms with Crippen LogP contribution in [-0.4, -0.2) is 43.2 Å². The molecule has 26 heavy (non-hydrogen) atoms. The lowest BCUT2D eigenvalue weighted by Gasteiger charge is -2.18. The predicted octanol–water partition coefficient (Wildman–Crippen LogP) is 2.56. The summed E-state index contributed by atoms with van der Waals surface area (Å²) in [5, 5.41) is 7.34. The minimum atomic E-state index is -3.58. The first-order valence-electron chi connectivity index (χ1n) is 8.51. The van der Waals surface area contributed by atoms with Gasteiger partial charge in [0.15, 0.2) is 15.5 Å². The first-order valence-corrected chi connectivity index (χ1v) is 10.1. The molecule has 1 amide bonds. The summed E-state index contributed by atoms with van der Waals surface area (Å²) in [5.74, 6) is 1.96. The van der Waals surface area contributed by atoms with Gasteiger partial charge in [-0.2, -0.15) is 10.2 Å². The van der Waals surface area contributed by atoms with E-state index >= 15 is 0 Å². The Morgan fingerprint density at radius 1 is 1.31 bits per heavy atom. The van der Waals surface area contributed by atoms with Crippen molar-refractivity contribution >= 4 is 15.7 Å². The summed E-state index contributed by atoms with van der Waals surface area (Å²) < 4.78 is 38.3. The van der Waals surface area contributed by atoms with E-state index in [4.69, 9.17) is 6.42 Å². The lowest BCUT2D eigenvalue weighted by Crippen LogP contribution is -2.32. The van der Waals surface area contributed by atoms with Gasteiger partial charge in [0.1, 0.15) is 5.82 Å². The molecule has 0 aromatic heterocycles. The zero-order valence-corrected chi connectivity index (χ0v) is 15.1. The smallest absolute Gasteiger partial charge is 0.222 e. The molecule has 0 N–H and O–H groups in total. The number of halogens is 1. The highest BCUT2D eigenvalue weighted by atomic mass is 32.2. The molecule has 1 unspecified atom stereocenters. The van der Waals surface area contributed by atoms with Crippen LogP contribution in [0.15, 0.2) is 39.4 Å². The van der Waals surface area contributed by atoms with Crippen LogP contribution >= 0.6 is 0 Å². The third kappa shape index (κ3) is 3.93. The molecule has 2 aliphatic rings. The maximum absolute atomic E-state index is 13.0. The number of hydrogen-bond donors (Lipinski definition) is 0. The van der Waals surface area contributed by atoms with Crippen LogP contribution in [0.4, 0.5) is 4.39 Å². The van der Waals surface area contributed by atoms with Crippen molar-refractivity contribution in [2.75, 3.05) is 13.1 Å². The molecule has 8 heteroatoms. The number of benzene rings is 1. The SMILES string of the molecule is C#CCCC1(CCC(=O)N2CCC(S(=O)(=O)c3ccc(F)cc3)C2)N=N1. The Morgan fingerprint density at radius 3 is 2.62 bits per heavy atom. The molecule has 2 heterocycles. The van der Waals surface area contributed by atoms with Crippen LogP contribution in [0.5, 0.6) is 0 Å². The van der Waals surface area contributed by atoms with Crippen LogP contribution in [0.1, 0.15) is 32.1 Å². The van der Waals surface area contributed by atoms with Gasteiger partial charge < -0.3 is 4.90 Å². The Morgan fingerprint density at radius 2 is 2.00 bits per heavy atom. The Kier molecular flexibility index (Phi) is 5.10. The van der Waals surface area contributed by atoms with Crippen LogP contribution < -0.4 is 0 Å². The van der Waals surface area contributed by atoms with Gasteiger partial charge in [-0.05, 0) is 30.7 Å². The first kappa shape index (κ1) is 18.5. The molecule has 0 radical (unpaired) electrons. The van der Waals surface area contributed by atoms with E-state index in [1.165, 1.54) is 12.1 Å². The highest BCUT2D eigenvalue weighted by Gasteiger charge is 2.41. The quantitative estimate of drug-likeness (QED) is 0.541. The number of rotatable bonds is 7. The van der Waals surface area contributed by atoms with Gasteiger partial charge in [-0.25, -0.2) is 12.8 Å². The standard InChI is InChI=1S/C18H20FN3O3S/c1-2-3-10-18(20-21-18)11-8-17(23)22-12-9-16(13-22)26(24,25)15-6-4-14(19)5-7-15/h1,4-7,16H,3,8-13H2. The largest absolute Gasteiger partial charge is 0.341 e. The monoisotopic (exact) mass is 377 g/mol. The molecule has 0 aliphatic carbocycles. The molecule has 6 nitrogen and oxygen atoms in total. The van der Waals surface area contributed by atoms with Crippen molar-refractivity contribution in [3.8, 4) is 12.3 Å². The van der Waals surface area contributed by atoms with Gasteiger partial charge >= 0.3 is 0 Å². The molecule has 1 fully saturated rings. The van der Waals surface area contributed by atoms with Gasteiger partial charge in [-0.1, -0.05) is 0 Å². The summed E-state index contributed by atoms with van der Waals surface area (Å²) in [5.41, 5.74) is -0.513. The summed E-state index contributed by atoms with van der Waals surface area (Å²) in [6, 6.07) is 4.78. The normalized spacial score (nSPS) is 20.8. The molecule has 3 rings (SSSR count). The average molecular weight is 377 g/mol. The van der Waals surface area contributed by atoms with E-state index in [1.54, 1.807) is 4.90 Å². The Hall–Kier alpha value is -2.27. The fourth-order valence-electron chi connectivity index (χ4n) is 3.16. The lowest BCUT2D eigenvalue weighted by molar-refractivity contribution is -0.130. The second kappa shape index (κ2) is 7.16. The minimum absolute atomic E-state index is 0.0852. The third-order valence-corrected chi connectivity index (χ3v) is 7.06. The number of terminal acetylenes is 1. The number of sulfone groups is 1. The maximum Gasteiger partial charge on any atom is 0.222 e. The lowest BCUT2D eigenvalue weighted by atomic mass is 10.0. The van der Waals surface area contributed by atoms with Crippen LogP contribution in [0, 0.1) is 18.2 Å². The van der Waals surface area contributed by atoms with Crippen molar-refractivity contribution in [2.45, 2.75) is 47.9 Å². The summed E-state index contributed by atoms with van der Waals surface area (Å²) in [6.07, 6.45) is 7.58.